The normalized spacial score (nSPS) is 26.2. The summed E-state index contributed by atoms with van der Waals surface area (Å²) in [5.74, 6) is 1.25. The highest BCUT2D eigenvalue weighted by Crippen LogP contribution is 2.34. The van der Waals surface area contributed by atoms with E-state index in [0.717, 1.165) is 30.8 Å². The summed E-state index contributed by atoms with van der Waals surface area (Å²) in [7, 11) is 0. The average molecular weight is 222 g/mol. The highest BCUT2D eigenvalue weighted by atomic mass is 15.3. The van der Waals surface area contributed by atoms with Crippen molar-refractivity contribution in [3.8, 4) is 0 Å². The van der Waals surface area contributed by atoms with Crippen LogP contribution in [0.4, 0.5) is 5.82 Å². The van der Waals surface area contributed by atoms with E-state index in [1.54, 1.807) is 0 Å². The molecule has 0 bridgehead atoms. The summed E-state index contributed by atoms with van der Waals surface area (Å²) >= 11 is 0. The Kier molecular flexibility index (Phi) is 2.70. The minimum atomic E-state index is -0.0525. The zero-order valence-electron chi connectivity index (χ0n) is 10.4. The first-order chi connectivity index (χ1) is 7.38. The van der Waals surface area contributed by atoms with Gasteiger partial charge in [-0.15, -0.1) is 0 Å². The third-order valence-electron chi connectivity index (χ3n) is 3.28. The smallest absolute Gasteiger partial charge is 0.122 e. The summed E-state index contributed by atoms with van der Waals surface area (Å²) in [4.78, 5) is 0. The van der Waals surface area contributed by atoms with Crippen LogP contribution in [0.1, 0.15) is 51.6 Å². The maximum atomic E-state index is 6.00. The average Bonchev–Trinajstić information content (AvgIpc) is 2.70. The molecule has 0 saturated heterocycles. The second-order valence-electron chi connectivity index (χ2n) is 5.85. The second kappa shape index (κ2) is 3.77. The zero-order chi connectivity index (χ0) is 11.9. The Labute approximate surface area is 97.0 Å². The third kappa shape index (κ3) is 2.07. The van der Waals surface area contributed by atoms with Crippen molar-refractivity contribution in [2.24, 2.45) is 5.73 Å². The fraction of sp³-hybridized carbons (Fsp3) is 0.750. The molecule has 1 fully saturated rings. The van der Waals surface area contributed by atoms with E-state index in [-0.39, 0.29) is 5.54 Å². The van der Waals surface area contributed by atoms with Gasteiger partial charge in [0, 0.05) is 18.0 Å². The lowest BCUT2D eigenvalue weighted by atomic mass is 10.0. The third-order valence-corrected chi connectivity index (χ3v) is 3.28. The molecule has 2 unspecified atom stereocenters. The number of hydrogen-bond donors (Lipinski definition) is 2. The van der Waals surface area contributed by atoms with Crippen LogP contribution in [-0.4, -0.2) is 15.8 Å². The SMILES string of the molecule is CC(C)(C)n1nc(C2CCC(N)C2)cc1N. The minimum absolute atomic E-state index is 0.0525. The van der Waals surface area contributed by atoms with Crippen LogP contribution in [0, 0.1) is 0 Å². The molecular formula is C12H22N4. The molecule has 0 amide bonds. The van der Waals surface area contributed by atoms with Gasteiger partial charge in [-0.25, -0.2) is 4.68 Å². The van der Waals surface area contributed by atoms with Crippen LogP contribution in [0.3, 0.4) is 0 Å². The number of nitrogens with zero attached hydrogens (tertiary/aromatic N) is 2. The van der Waals surface area contributed by atoms with Crippen molar-refractivity contribution in [1.82, 2.24) is 9.78 Å². The molecule has 4 N–H and O–H groups in total. The first-order valence-corrected chi connectivity index (χ1v) is 5.99. The predicted molar refractivity (Wildman–Crippen MR) is 66.2 cm³/mol. The van der Waals surface area contributed by atoms with E-state index in [4.69, 9.17) is 11.5 Å². The van der Waals surface area contributed by atoms with E-state index < -0.39 is 0 Å². The van der Waals surface area contributed by atoms with Crippen molar-refractivity contribution in [3.05, 3.63) is 11.8 Å². The highest BCUT2D eigenvalue weighted by molar-refractivity contribution is 5.34. The fourth-order valence-electron chi connectivity index (χ4n) is 2.44. The number of rotatable bonds is 1. The lowest BCUT2D eigenvalue weighted by Gasteiger charge is -2.20. The van der Waals surface area contributed by atoms with E-state index in [1.807, 2.05) is 10.7 Å². The van der Waals surface area contributed by atoms with Crippen LogP contribution in [0.5, 0.6) is 0 Å². The molecule has 1 aromatic rings. The van der Waals surface area contributed by atoms with Crippen molar-refractivity contribution in [2.45, 2.75) is 57.5 Å². The predicted octanol–water partition coefficient (Wildman–Crippen LogP) is 1.82. The molecule has 16 heavy (non-hydrogen) atoms. The molecule has 0 aromatic carbocycles. The van der Waals surface area contributed by atoms with E-state index in [0.29, 0.717) is 12.0 Å². The topological polar surface area (TPSA) is 69.9 Å². The van der Waals surface area contributed by atoms with Gasteiger partial charge in [0.2, 0.25) is 0 Å². The van der Waals surface area contributed by atoms with Crippen LogP contribution in [0.15, 0.2) is 6.07 Å². The molecule has 4 nitrogen and oxygen atoms in total. The van der Waals surface area contributed by atoms with Gasteiger partial charge < -0.3 is 11.5 Å². The summed E-state index contributed by atoms with van der Waals surface area (Å²) in [6, 6.07) is 2.35. The second-order valence-corrected chi connectivity index (χ2v) is 5.85. The maximum Gasteiger partial charge on any atom is 0.122 e. The van der Waals surface area contributed by atoms with Crippen molar-refractivity contribution in [3.63, 3.8) is 0 Å². The van der Waals surface area contributed by atoms with Gasteiger partial charge in [0.15, 0.2) is 0 Å². The molecule has 1 aliphatic carbocycles. The number of aromatic nitrogens is 2. The molecule has 1 aliphatic rings. The Bertz CT molecular complexity index is 375. The monoisotopic (exact) mass is 222 g/mol. The zero-order valence-corrected chi connectivity index (χ0v) is 10.4. The molecule has 90 valence electrons. The van der Waals surface area contributed by atoms with Gasteiger partial charge in [-0.1, -0.05) is 0 Å². The van der Waals surface area contributed by atoms with Gasteiger partial charge in [0.1, 0.15) is 5.82 Å². The lowest BCUT2D eigenvalue weighted by molar-refractivity contribution is 0.357. The standard InChI is InChI=1S/C12H22N4/c1-12(2,3)16-11(14)7-10(15-16)8-4-5-9(13)6-8/h7-9H,4-6,13-14H2,1-3H3. The number of nitrogen functional groups attached to an aromatic ring is 1. The Balaban J connectivity index is 2.24. The van der Waals surface area contributed by atoms with E-state index in [1.165, 1.54) is 0 Å². The quantitative estimate of drug-likeness (QED) is 0.761. The van der Waals surface area contributed by atoms with Crippen molar-refractivity contribution in [1.29, 1.82) is 0 Å². The Hall–Kier alpha value is -1.03. The molecule has 0 aliphatic heterocycles. The first-order valence-electron chi connectivity index (χ1n) is 5.99. The van der Waals surface area contributed by atoms with Crippen LogP contribution >= 0.6 is 0 Å². The van der Waals surface area contributed by atoms with E-state index >= 15 is 0 Å². The fourth-order valence-corrected chi connectivity index (χ4v) is 2.44. The van der Waals surface area contributed by atoms with Crippen molar-refractivity contribution in [2.75, 3.05) is 5.73 Å². The molecule has 2 atom stereocenters. The van der Waals surface area contributed by atoms with Crippen molar-refractivity contribution >= 4 is 5.82 Å². The van der Waals surface area contributed by atoms with Crippen LogP contribution in [0.25, 0.3) is 0 Å². The van der Waals surface area contributed by atoms with Gasteiger partial charge in [0.25, 0.3) is 0 Å². The summed E-state index contributed by atoms with van der Waals surface area (Å²) in [6.07, 6.45) is 3.29. The van der Waals surface area contributed by atoms with Crippen LogP contribution in [-0.2, 0) is 5.54 Å². The molecule has 0 spiro atoms. The largest absolute Gasteiger partial charge is 0.384 e. The van der Waals surface area contributed by atoms with Crippen LogP contribution < -0.4 is 11.5 Å². The Morgan fingerprint density at radius 3 is 2.50 bits per heavy atom. The Morgan fingerprint density at radius 2 is 2.06 bits per heavy atom. The van der Waals surface area contributed by atoms with Gasteiger partial charge in [-0.05, 0) is 40.0 Å². The molecule has 1 saturated carbocycles. The molecule has 0 radical (unpaired) electrons. The summed E-state index contributed by atoms with van der Waals surface area (Å²) in [5.41, 5.74) is 13.0. The van der Waals surface area contributed by atoms with Gasteiger partial charge in [-0.3, -0.25) is 0 Å². The number of hydrogen-bond acceptors (Lipinski definition) is 3. The van der Waals surface area contributed by atoms with Crippen molar-refractivity contribution < 1.29 is 0 Å². The maximum absolute atomic E-state index is 6.00. The van der Waals surface area contributed by atoms with Gasteiger partial charge >= 0.3 is 0 Å². The Morgan fingerprint density at radius 1 is 1.38 bits per heavy atom. The molecular weight excluding hydrogens is 200 g/mol. The van der Waals surface area contributed by atoms with Crippen LogP contribution in [0.2, 0.25) is 0 Å². The first kappa shape index (κ1) is 11.5. The molecule has 4 heteroatoms. The molecule has 1 heterocycles. The summed E-state index contributed by atoms with van der Waals surface area (Å²) < 4.78 is 1.91. The molecule has 1 aromatic heterocycles. The highest BCUT2D eigenvalue weighted by Gasteiger charge is 2.27. The summed E-state index contributed by atoms with van der Waals surface area (Å²) in [5, 5.41) is 4.63. The number of nitrogens with two attached hydrogens (primary N) is 2. The lowest BCUT2D eigenvalue weighted by Crippen LogP contribution is -2.25. The van der Waals surface area contributed by atoms with E-state index in [9.17, 15) is 0 Å². The molecule has 2 rings (SSSR count). The number of anilines is 1. The van der Waals surface area contributed by atoms with Gasteiger partial charge in [0.05, 0.1) is 11.2 Å². The minimum Gasteiger partial charge on any atom is -0.384 e. The summed E-state index contributed by atoms with van der Waals surface area (Å²) in [6.45, 7) is 6.33. The van der Waals surface area contributed by atoms with Gasteiger partial charge in [-0.2, -0.15) is 5.10 Å². The van der Waals surface area contributed by atoms with E-state index in [2.05, 4.69) is 25.9 Å².